The van der Waals surface area contributed by atoms with Crippen molar-refractivity contribution in [2.75, 3.05) is 0 Å². The largest absolute Gasteiger partial charge is 0.350 e. The molecule has 0 N–H and O–H groups in total. The second kappa shape index (κ2) is 2.83. The minimum atomic E-state index is -0.138. The maximum atomic E-state index is 8.53. The van der Waals surface area contributed by atoms with Gasteiger partial charge in [-0.2, -0.15) is 5.26 Å². The molecule has 62 valence electrons. The summed E-state index contributed by atoms with van der Waals surface area (Å²) in [6, 6.07) is 2.13. The molecule has 1 aliphatic rings. The molecule has 0 aromatic heterocycles. The maximum Gasteiger partial charge on any atom is 0.173 e. The second-order valence-corrected chi connectivity index (χ2v) is 3.87. The lowest BCUT2D eigenvalue weighted by Crippen LogP contribution is -2.09. The van der Waals surface area contributed by atoms with Crippen LogP contribution in [0.4, 0.5) is 0 Å². The summed E-state index contributed by atoms with van der Waals surface area (Å²) in [5, 5.41) is 8.53. The Balaban J connectivity index is 2.24. The summed E-state index contributed by atoms with van der Waals surface area (Å²) in [6.07, 6.45) is 2.03. The van der Waals surface area contributed by atoms with E-state index < -0.39 is 0 Å². The molecule has 0 aromatic rings. The highest BCUT2D eigenvalue weighted by Crippen LogP contribution is 2.40. The van der Waals surface area contributed by atoms with Crippen LogP contribution in [-0.2, 0) is 4.74 Å². The van der Waals surface area contributed by atoms with Crippen LogP contribution in [0.2, 0.25) is 0 Å². The Morgan fingerprint density at radius 2 is 2.27 bits per heavy atom. The van der Waals surface area contributed by atoms with Crippen LogP contribution in [0, 0.1) is 17.2 Å². The second-order valence-electron chi connectivity index (χ2n) is 3.87. The molecule has 11 heavy (non-hydrogen) atoms. The fourth-order valence-electron chi connectivity index (χ4n) is 1.16. The molecule has 0 aliphatic carbocycles. The average Bonchev–Trinajstić information content (AvgIpc) is 2.59. The van der Waals surface area contributed by atoms with Crippen LogP contribution in [0.1, 0.15) is 33.6 Å². The fraction of sp³-hybridized carbons (Fsp3) is 0.889. The van der Waals surface area contributed by atoms with Gasteiger partial charge in [0.25, 0.3) is 0 Å². The van der Waals surface area contributed by atoms with E-state index in [4.69, 9.17) is 10.00 Å². The van der Waals surface area contributed by atoms with Crippen LogP contribution in [0.25, 0.3) is 0 Å². The molecule has 0 aromatic carbocycles. The molecule has 2 nitrogen and oxygen atoms in total. The van der Waals surface area contributed by atoms with Gasteiger partial charge in [-0.15, -0.1) is 0 Å². The quantitative estimate of drug-likeness (QED) is 0.582. The van der Waals surface area contributed by atoms with Gasteiger partial charge in [-0.25, -0.2) is 0 Å². The number of nitriles is 1. The highest BCUT2D eigenvalue weighted by atomic mass is 16.6. The van der Waals surface area contributed by atoms with E-state index in [1.54, 1.807) is 0 Å². The third-order valence-electron chi connectivity index (χ3n) is 2.22. The van der Waals surface area contributed by atoms with Gasteiger partial charge < -0.3 is 4.74 Å². The first-order valence-electron chi connectivity index (χ1n) is 4.16. The zero-order valence-corrected chi connectivity index (χ0v) is 7.42. The van der Waals surface area contributed by atoms with Gasteiger partial charge in [0.1, 0.15) is 5.60 Å². The van der Waals surface area contributed by atoms with E-state index in [1.165, 1.54) is 0 Å². The summed E-state index contributed by atoms with van der Waals surface area (Å²) in [5.74, 6) is 0.704. The third-order valence-corrected chi connectivity index (χ3v) is 2.22. The monoisotopic (exact) mass is 153 g/mol. The molecule has 1 heterocycles. The number of nitrogens with zero attached hydrogens (tertiary/aromatic N) is 1. The minimum absolute atomic E-state index is 0.112. The predicted octanol–water partition coefficient (Wildman–Crippen LogP) is 2.10. The topological polar surface area (TPSA) is 36.3 Å². The van der Waals surface area contributed by atoms with E-state index in [1.807, 2.05) is 6.92 Å². The lowest BCUT2D eigenvalue weighted by molar-refractivity contribution is 0.289. The van der Waals surface area contributed by atoms with E-state index >= 15 is 0 Å². The molecule has 1 rings (SSSR count). The Hall–Kier alpha value is -0.550. The standard InChI is InChI=1S/C9H15NO/c1-7(2)4-5-9(3)8(6-10)11-9/h7-8H,4-5H2,1-3H3. The van der Waals surface area contributed by atoms with Crippen molar-refractivity contribution in [1.82, 2.24) is 0 Å². The SMILES string of the molecule is CC(C)CCC1(C)OC1C#N. The number of hydrogen-bond acceptors (Lipinski definition) is 2. The van der Waals surface area contributed by atoms with E-state index in [2.05, 4.69) is 19.9 Å². The molecule has 2 heteroatoms. The molecular weight excluding hydrogens is 138 g/mol. The predicted molar refractivity (Wildman–Crippen MR) is 43.0 cm³/mol. The van der Waals surface area contributed by atoms with Crippen molar-refractivity contribution < 1.29 is 4.74 Å². The molecule has 2 unspecified atom stereocenters. The molecule has 1 aliphatic heterocycles. The van der Waals surface area contributed by atoms with Crippen LogP contribution in [0.5, 0.6) is 0 Å². The molecule has 0 spiro atoms. The van der Waals surface area contributed by atoms with E-state index in [9.17, 15) is 0 Å². The average molecular weight is 153 g/mol. The lowest BCUT2D eigenvalue weighted by Gasteiger charge is -2.06. The first kappa shape index (κ1) is 8.55. The molecule has 0 bridgehead atoms. The number of hydrogen-bond donors (Lipinski definition) is 0. The van der Waals surface area contributed by atoms with Crippen molar-refractivity contribution in [2.24, 2.45) is 5.92 Å². The van der Waals surface area contributed by atoms with E-state index in [-0.39, 0.29) is 11.7 Å². The van der Waals surface area contributed by atoms with Gasteiger partial charge in [0.05, 0.1) is 6.07 Å². The van der Waals surface area contributed by atoms with Crippen molar-refractivity contribution in [3.8, 4) is 6.07 Å². The van der Waals surface area contributed by atoms with Crippen LogP contribution < -0.4 is 0 Å². The molecule has 0 amide bonds. The number of rotatable bonds is 3. The molecule has 0 radical (unpaired) electrons. The molecule has 1 saturated heterocycles. The van der Waals surface area contributed by atoms with Gasteiger partial charge in [-0.05, 0) is 25.7 Å². The van der Waals surface area contributed by atoms with E-state index in [0.717, 1.165) is 12.8 Å². The van der Waals surface area contributed by atoms with Crippen molar-refractivity contribution in [3.63, 3.8) is 0 Å². The third kappa shape index (κ3) is 1.94. The number of epoxide rings is 1. The van der Waals surface area contributed by atoms with Crippen molar-refractivity contribution >= 4 is 0 Å². The molecular formula is C9H15NO. The van der Waals surface area contributed by atoms with Crippen molar-refractivity contribution in [3.05, 3.63) is 0 Å². The summed E-state index contributed by atoms with van der Waals surface area (Å²) >= 11 is 0. The fourth-order valence-corrected chi connectivity index (χ4v) is 1.16. The van der Waals surface area contributed by atoms with Gasteiger partial charge in [0.15, 0.2) is 6.10 Å². The van der Waals surface area contributed by atoms with Gasteiger partial charge >= 0.3 is 0 Å². The molecule has 1 fully saturated rings. The van der Waals surface area contributed by atoms with Crippen molar-refractivity contribution in [1.29, 1.82) is 5.26 Å². The maximum absolute atomic E-state index is 8.53. The first-order valence-corrected chi connectivity index (χ1v) is 4.16. The first-order chi connectivity index (χ1) is 5.08. The number of ether oxygens (including phenoxy) is 1. The Kier molecular flexibility index (Phi) is 2.20. The van der Waals surface area contributed by atoms with Gasteiger partial charge in [0, 0.05) is 0 Å². The highest BCUT2D eigenvalue weighted by Gasteiger charge is 2.52. The van der Waals surface area contributed by atoms with Gasteiger partial charge in [-0.1, -0.05) is 13.8 Å². The van der Waals surface area contributed by atoms with Crippen LogP contribution in [0.3, 0.4) is 0 Å². The lowest BCUT2D eigenvalue weighted by atomic mass is 9.97. The van der Waals surface area contributed by atoms with Gasteiger partial charge in [0.2, 0.25) is 0 Å². The van der Waals surface area contributed by atoms with Gasteiger partial charge in [-0.3, -0.25) is 0 Å². The summed E-state index contributed by atoms with van der Waals surface area (Å²) in [6.45, 7) is 6.39. The van der Waals surface area contributed by atoms with Crippen LogP contribution >= 0.6 is 0 Å². The van der Waals surface area contributed by atoms with Crippen LogP contribution in [-0.4, -0.2) is 11.7 Å². The van der Waals surface area contributed by atoms with E-state index in [0.29, 0.717) is 5.92 Å². The Morgan fingerprint density at radius 1 is 1.64 bits per heavy atom. The Bertz CT molecular complexity index is 182. The summed E-state index contributed by atoms with van der Waals surface area (Å²) in [5.41, 5.74) is -0.112. The summed E-state index contributed by atoms with van der Waals surface area (Å²) in [7, 11) is 0. The zero-order valence-electron chi connectivity index (χ0n) is 7.42. The summed E-state index contributed by atoms with van der Waals surface area (Å²) < 4.78 is 5.24. The zero-order chi connectivity index (χ0) is 8.48. The highest BCUT2D eigenvalue weighted by molar-refractivity contribution is 5.11. The summed E-state index contributed by atoms with van der Waals surface area (Å²) in [4.78, 5) is 0. The molecule has 0 saturated carbocycles. The van der Waals surface area contributed by atoms with Crippen LogP contribution in [0.15, 0.2) is 0 Å². The van der Waals surface area contributed by atoms with Crippen molar-refractivity contribution in [2.45, 2.75) is 45.3 Å². The smallest absolute Gasteiger partial charge is 0.173 e. The minimum Gasteiger partial charge on any atom is -0.350 e. The Morgan fingerprint density at radius 3 is 2.64 bits per heavy atom. The Labute approximate surface area is 68.2 Å². The molecule has 2 atom stereocenters. The normalized spacial score (nSPS) is 35.4.